The van der Waals surface area contributed by atoms with Crippen molar-refractivity contribution in [1.29, 1.82) is 0 Å². The van der Waals surface area contributed by atoms with Gasteiger partial charge in [-0.2, -0.15) is 0 Å². The first-order valence-corrected chi connectivity index (χ1v) is 21.1. The summed E-state index contributed by atoms with van der Waals surface area (Å²) in [6.07, 6.45) is 46.6. The lowest BCUT2D eigenvalue weighted by Gasteiger charge is -2.23. The van der Waals surface area contributed by atoms with Crippen molar-refractivity contribution in [1.82, 2.24) is 5.32 Å². The van der Waals surface area contributed by atoms with Gasteiger partial charge in [0.15, 0.2) is 0 Å². The highest BCUT2D eigenvalue weighted by Gasteiger charge is 2.26. The van der Waals surface area contributed by atoms with E-state index in [9.17, 15) is 19.4 Å². The van der Waals surface area contributed by atoms with Crippen molar-refractivity contribution in [3.05, 3.63) is 72.9 Å². The largest absolute Gasteiger partial charge is 0.472 e. The molecule has 50 heavy (non-hydrogen) atoms. The number of phosphoric acid groups is 1. The molecule has 0 fully saturated rings. The zero-order chi connectivity index (χ0) is 36.8. The molecule has 288 valence electrons. The highest BCUT2D eigenvalue weighted by molar-refractivity contribution is 7.47. The van der Waals surface area contributed by atoms with E-state index in [2.05, 4.69) is 79.9 Å². The number of aliphatic hydroxyl groups excluding tert-OH is 1. The highest BCUT2D eigenvalue weighted by atomic mass is 31.2. The van der Waals surface area contributed by atoms with Crippen molar-refractivity contribution >= 4 is 13.7 Å². The Labute approximate surface area is 306 Å². The van der Waals surface area contributed by atoms with Crippen LogP contribution in [0.4, 0.5) is 0 Å². The molecule has 0 radical (unpaired) electrons. The van der Waals surface area contributed by atoms with Crippen LogP contribution in [0.25, 0.3) is 0 Å². The number of nitrogens with one attached hydrogen (secondary N) is 1. The van der Waals surface area contributed by atoms with Crippen molar-refractivity contribution in [3.63, 3.8) is 0 Å². The van der Waals surface area contributed by atoms with Gasteiger partial charge in [-0.25, -0.2) is 4.57 Å². The minimum atomic E-state index is -4.35. The van der Waals surface area contributed by atoms with Gasteiger partial charge in [0.1, 0.15) is 0 Å². The summed E-state index contributed by atoms with van der Waals surface area (Å²) in [5.74, 6) is -0.230. The van der Waals surface area contributed by atoms with Crippen LogP contribution < -0.4 is 11.1 Å². The molecule has 0 aromatic rings. The molecule has 3 unspecified atom stereocenters. The molecule has 0 saturated carbocycles. The van der Waals surface area contributed by atoms with E-state index in [1.54, 1.807) is 6.08 Å². The molecule has 1 amide bonds. The zero-order valence-electron chi connectivity index (χ0n) is 31.6. The van der Waals surface area contributed by atoms with Gasteiger partial charge in [0, 0.05) is 13.0 Å². The summed E-state index contributed by atoms with van der Waals surface area (Å²) in [4.78, 5) is 22.6. The molecule has 0 aromatic heterocycles. The van der Waals surface area contributed by atoms with Crippen LogP contribution in [0.5, 0.6) is 0 Å². The molecule has 9 heteroatoms. The van der Waals surface area contributed by atoms with Crippen LogP contribution in [-0.2, 0) is 18.4 Å². The van der Waals surface area contributed by atoms with Gasteiger partial charge in [0.2, 0.25) is 5.91 Å². The highest BCUT2D eigenvalue weighted by Crippen LogP contribution is 2.43. The molecule has 0 spiro atoms. The molecule has 0 rings (SSSR count). The first-order chi connectivity index (χ1) is 24.4. The van der Waals surface area contributed by atoms with Crippen molar-refractivity contribution in [2.75, 3.05) is 19.8 Å². The Morgan fingerprint density at radius 1 is 0.680 bits per heavy atom. The van der Waals surface area contributed by atoms with Gasteiger partial charge in [0.05, 0.1) is 25.4 Å². The number of phosphoric ester groups is 1. The normalized spacial score (nSPS) is 15.1. The number of nitrogens with two attached hydrogens (primary N) is 1. The van der Waals surface area contributed by atoms with E-state index >= 15 is 0 Å². The van der Waals surface area contributed by atoms with Gasteiger partial charge >= 0.3 is 7.82 Å². The number of rotatable bonds is 35. The second-order valence-electron chi connectivity index (χ2n) is 12.7. The van der Waals surface area contributed by atoms with E-state index in [4.69, 9.17) is 14.8 Å². The molecule has 0 aliphatic rings. The lowest BCUT2D eigenvalue weighted by molar-refractivity contribution is -0.123. The molecule has 5 N–H and O–H groups in total. The van der Waals surface area contributed by atoms with Crippen LogP contribution >= 0.6 is 7.82 Å². The molecule has 8 nitrogen and oxygen atoms in total. The standard InChI is InChI=1S/C41H73N2O6P/c1-3-5-7-9-11-13-15-17-19-21-22-24-26-28-30-32-34-40(44)39(38-49-50(46,47)48-37-36-42)43-41(45)35-33-31-29-27-25-23-20-18-16-14-12-10-8-6-4-2/h6,8,12,14,17-20,24,26,32,34,39-40,44H,3-5,7,9-11,13,15-16,21-23,25,27-31,33,35-38,42H2,1-2H3,(H,43,45)(H,46,47)/b8-6-,14-12-,19-17+,20-18-,26-24+,34-32+. The summed E-state index contributed by atoms with van der Waals surface area (Å²) in [7, 11) is -4.35. The maximum Gasteiger partial charge on any atom is 0.472 e. The lowest BCUT2D eigenvalue weighted by atomic mass is 10.1. The maximum absolute atomic E-state index is 12.7. The van der Waals surface area contributed by atoms with Crippen LogP contribution in [0, 0.1) is 0 Å². The van der Waals surface area contributed by atoms with Crippen LogP contribution in [0.1, 0.15) is 149 Å². The predicted molar refractivity (Wildman–Crippen MR) is 212 cm³/mol. The predicted octanol–water partition coefficient (Wildman–Crippen LogP) is 10.5. The number of aliphatic hydroxyl groups is 1. The Morgan fingerprint density at radius 3 is 1.78 bits per heavy atom. The summed E-state index contributed by atoms with van der Waals surface area (Å²) in [5.41, 5.74) is 5.35. The maximum atomic E-state index is 12.7. The number of allylic oxidation sites excluding steroid dienone is 11. The second-order valence-corrected chi connectivity index (χ2v) is 14.2. The van der Waals surface area contributed by atoms with Crippen molar-refractivity contribution in [2.45, 2.75) is 161 Å². The van der Waals surface area contributed by atoms with Crippen LogP contribution in [0.2, 0.25) is 0 Å². The molecule has 0 bridgehead atoms. The molecular weight excluding hydrogens is 647 g/mol. The average Bonchev–Trinajstić information content (AvgIpc) is 3.10. The topological polar surface area (TPSA) is 131 Å². The zero-order valence-corrected chi connectivity index (χ0v) is 32.5. The smallest absolute Gasteiger partial charge is 0.387 e. The first-order valence-electron chi connectivity index (χ1n) is 19.6. The molecule has 0 saturated heterocycles. The Balaban J connectivity index is 4.43. The summed E-state index contributed by atoms with van der Waals surface area (Å²) >= 11 is 0. The molecular formula is C41H73N2O6P. The lowest BCUT2D eigenvalue weighted by Crippen LogP contribution is -2.45. The van der Waals surface area contributed by atoms with Gasteiger partial charge in [-0.05, 0) is 77.0 Å². The van der Waals surface area contributed by atoms with E-state index < -0.39 is 20.0 Å². The molecule has 0 heterocycles. The summed E-state index contributed by atoms with van der Waals surface area (Å²) in [6.45, 7) is 3.94. The second kappa shape index (κ2) is 36.7. The number of hydrogen-bond acceptors (Lipinski definition) is 6. The summed E-state index contributed by atoms with van der Waals surface area (Å²) in [5, 5.41) is 13.6. The first kappa shape index (κ1) is 47.9. The average molecular weight is 721 g/mol. The fourth-order valence-corrected chi connectivity index (χ4v) is 5.82. The number of carbonyl (C=O) groups is 1. The molecule has 3 atom stereocenters. The van der Waals surface area contributed by atoms with Crippen LogP contribution in [-0.4, -0.2) is 47.8 Å². The van der Waals surface area contributed by atoms with Gasteiger partial charge in [-0.1, -0.05) is 138 Å². The molecule has 0 aliphatic carbocycles. The van der Waals surface area contributed by atoms with E-state index in [1.165, 1.54) is 44.9 Å². The number of unbranched alkanes of at least 4 members (excludes halogenated alkanes) is 13. The van der Waals surface area contributed by atoms with Crippen molar-refractivity contribution < 1.29 is 28.4 Å². The summed E-state index contributed by atoms with van der Waals surface area (Å²) in [6, 6.07) is -0.895. The van der Waals surface area contributed by atoms with Crippen molar-refractivity contribution in [2.24, 2.45) is 5.73 Å². The van der Waals surface area contributed by atoms with Crippen LogP contribution in [0.15, 0.2) is 72.9 Å². The summed E-state index contributed by atoms with van der Waals surface area (Å²) < 4.78 is 22.0. The van der Waals surface area contributed by atoms with Gasteiger partial charge < -0.3 is 21.1 Å². The monoisotopic (exact) mass is 721 g/mol. The van der Waals surface area contributed by atoms with E-state index in [-0.39, 0.29) is 25.7 Å². The Morgan fingerprint density at radius 2 is 1.18 bits per heavy atom. The fourth-order valence-electron chi connectivity index (χ4n) is 5.06. The van der Waals surface area contributed by atoms with E-state index in [1.807, 2.05) is 6.08 Å². The van der Waals surface area contributed by atoms with Gasteiger partial charge in [0.25, 0.3) is 0 Å². The molecule has 0 aromatic carbocycles. The third kappa shape index (κ3) is 34.4. The Bertz CT molecular complexity index is 1010. The molecule has 0 aliphatic heterocycles. The fraction of sp³-hybridized carbons (Fsp3) is 0.683. The minimum absolute atomic E-state index is 0.0650. The minimum Gasteiger partial charge on any atom is -0.387 e. The van der Waals surface area contributed by atoms with Gasteiger partial charge in [-0.3, -0.25) is 13.8 Å². The van der Waals surface area contributed by atoms with Gasteiger partial charge in [-0.15, -0.1) is 0 Å². The number of carbonyl (C=O) groups excluding carboxylic acids is 1. The van der Waals surface area contributed by atoms with E-state index in [0.717, 1.165) is 83.5 Å². The van der Waals surface area contributed by atoms with Crippen LogP contribution in [0.3, 0.4) is 0 Å². The quantitative estimate of drug-likeness (QED) is 0.0291. The Hall–Kier alpha value is -2.06. The number of amides is 1. The third-order valence-electron chi connectivity index (χ3n) is 7.99. The Kier molecular flexibility index (Phi) is 35.2. The number of hydrogen-bond donors (Lipinski definition) is 4. The van der Waals surface area contributed by atoms with Crippen molar-refractivity contribution in [3.8, 4) is 0 Å². The third-order valence-corrected chi connectivity index (χ3v) is 8.98. The van der Waals surface area contributed by atoms with E-state index in [0.29, 0.717) is 6.42 Å². The SMILES string of the molecule is CC/C=C\C/C=C\C/C=C\CCCCCCCC(=O)NC(COP(=O)(O)OCCN)C(O)/C=C/CC/C=C/CC/C=C/CCCCCCCC.